The number of carboxylic acid groups (broad SMARTS) is 2. The summed E-state index contributed by atoms with van der Waals surface area (Å²) in [6, 6.07) is 8.77. The molecule has 0 spiro atoms. The van der Waals surface area contributed by atoms with Crippen molar-refractivity contribution in [3.8, 4) is 11.1 Å². The second-order valence-corrected chi connectivity index (χ2v) is 4.99. The third kappa shape index (κ3) is 6.07. The Labute approximate surface area is 136 Å². The van der Waals surface area contributed by atoms with Crippen molar-refractivity contribution >= 4 is 27.9 Å². The fourth-order valence-corrected chi connectivity index (χ4v) is 1.91. The summed E-state index contributed by atoms with van der Waals surface area (Å²) in [4.78, 5) is 23.8. The molecule has 0 radical (unpaired) electrons. The normalized spacial score (nSPS) is 10.4. The maximum Gasteiger partial charge on any atom is 0.490 e. The molecule has 2 N–H and O–H groups in total. The fourth-order valence-electron chi connectivity index (χ4n) is 1.41. The molecule has 0 saturated carbocycles. The van der Waals surface area contributed by atoms with Crippen molar-refractivity contribution in [2.45, 2.75) is 6.18 Å². The smallest absolute Gasteiger partial charge is 0.478 e. The number of alkyl halides is 3. The minimum Gasteiger partial charge on any atom is -0.478 e. The molecule has 0 amide bonds. The van der Waals surface area contributed by atoms with Crippen LogP contribution in [-0.4, -0.2) is 33.3 Å². The maximum absolute atomic E-state index is 10.9. The van der Waals surface area contributed by atoms with E-state index in [1.807, 2.05) is 18.2 Å². The number of benzene rings is 1. The zero-order valence-electron chi connectivity index (χ0n) is 11.2. The predicted molar refractivity (Wildman–Crippen MR) is 78.0 cm³/mol. The van der Waals surface area contributed by atoms with E-state index in [4.69, 9.17) is 15.0 Å². The van der Waals surface area contributed by atoms with Gasteiger partial charge >= 0.3 is 18.1 Å². The van der Waals surface area contributed by atoms with E-state index in [9.17, 15) is 18.0 Å². The fraction of sp³-hybridized carbons (Fsp3) is 0.0714. The lowest BCUT2D eigenvalue weighted by Crippen LogP contribution is -2.21. The number of pyridine rings is 1. The van der Waals surface area contributed by atoms with E-state index in [1.54, 1.807) is 24.5 Å². The predicted octanol–water partition coefficient (Wildman–Crippen LogP) is 3.84. The van der Waals surface area contributed by atoms with Crippen LogP contribution in [0.5, 0.6) is 0 Å². The molecule has 0 fully saturated rings. The minimum atomic E-state index is -5.08. The molecule has 0 aliphatic rings. The van der Waals surface area contributed by atoms with Crippen LogP contribution in [0.15, 0.2) is 47.2 Å². The second-order valence-electron chi connectivity index (χ2n) is 4.08. The molecule has 0 unspecified atom stereocenters. The molecule has 0 saturated heterocycles. The van der Waals surface area contributed by atoms with Gasteiger partial charge < -0.3 is 10.2 Å². The van der Waals surface area contributed by atoms with Gasteiger partial charge in [-0.1, -0.05) is 22.0 Å². The standard InChI is InChI=1S/C12H8BrNO2.C2HF3O2/c13-11-5-9(4-10(6-11)12(15)16)8-2-1-3-14-7-8;3-2(4,5)1(6)7/h1-7H,(H,15,16);(H,6,7). The minimum absolute atomic E-state index is 0.258. The highest BCUT2D eigenvalue weighted by Crippen LogP contribution is 2.24. The Bertz CT molecular complexity index is 705. The van der Waals surface area contributed by atoms with Crippen LogP contribution >= 0.6 is 15.9 Å². The highest BCUT2D eigenvalue weighted by Gasteiger charge is 2.38. The number of aliphatic carboxylic acids is 1. The maximum atomic E-state index is 10.9. The number of halogens is 4. The zero-order valence-corrected chi connectivity index (χ0v) is 12.8. The number of nitrogens with zero attached hydrogens (tertiary/aromatic N) is 1. The SMILES string of the molecule is O=C(O)C(F)(F)F.O=C(O)c1cc(Br)cc(-c2cccnc2)c1. The van der Waals surface area contributed by atoms with Crippen molar-refractivity contribution in [2.75, 3.05) is 0 Å². The van der Waals surface area contributed by atoms with Crippen LogP contribution in [-0.2, 0) is 4.79 Å². The Hall–Kier alpha value is -2.42. The zero-order chi connectivity index (χ0) is 17.6. The van der Waals surface area contributed by atoms with E-state index in [0.29, 0.717) is 0 Å². The first-order chi connectivity index (χ1) is 10.6. The van der Waals surface area contributed by atoms with Crippen LogP contribution in [0.1, 0.15) is 10.4 Å². The quantitative estimate of drug-likeness (QED) is 0.811. The first-order valence-corrected chi connectivity index (χ1v) is 6.65. The van der Waals surface area contributed by atoms with Gasteiger partial charge in [-0.2, -0.15) is 13.2 Å². The van der Waals surface area contributed by atoms with E-state index in [0.717, 1.165) is 15.6 Å². The molecule has 5 nitrogen and oxygen atoms in total. The summed E-state index contributed by atoms with van der Waals surface area (Å²) in [5.74, 6) is -3.70. The van der Waals surface area contributed by atoms with Gasteiger partial charge in [-0.05, 0) is 29.8 Å². The van der Waals surface area contributed by atoms with Crippen LogP contribution in [0.3, 0.4) is 0 Å². The van der Waals surface area contributed by atoms with Gasteiger partial charge in [0.15, 0.2) is 0 Å². The molecule has 122 valence electrons. The Morgan fingerprint density at radius 2 is 1.70 bits per heavy atom. The lowest BCUT2D eigenvalue weighted by atomic mass is 10.1. The van der Waals surface area contributed by atoms with Gasteiger partial charge in [0.25, 0.3) is 0 Å². The van der Waals surface area contributed by atoms with Crippen molar-refractivity contribution in [3.05, 3.63) is 52.8 Å². The van der Waals surface area contributed by atoms with Crippen molar-refractivity contribution in [1.82, 2.24) is 4.98 Å². The first-order valence-electron chi connectivity index (χ1n) is 5.85. The largest absolute Gasteiger partial charge is 0.490 e. The van der Waals surface area contributed by atoms with Crippen molar-refractivity contribution < 1.29 is 33.0 Å². The number of rotatable bonds is 2. The molecule has 23 heavy (non-hydrogen) atoms. The van der Waals surface area contributed by atoms with Gasteiger partial charge in [0.1, 0.15) is 0 Å². The average Bonchev–Trinajstić information content (AvgIpc) is 2.47. The van der Waals surface area contributed by atoms with Crippen LogP contribution < -0.4 is 0 Å². The van der Waals surface area contributed by atoms with Crippen molar-refractivity contribution in [1.29, 1.82) is 0 Å². The third-order valence-corrected chi connectivity index (χ3v) is 2.84. The van der Waals surface area contributed by atoms with Gasteiger partial charge in [0, 0.05) is 22.4 Å². The summed E-state index contributed by atoms with van der Waals surface area (Å²) < 4.78 is 32.5. The highest BCUT2D eigenvalue weighted by molar-refractivity contribution is 9.10. The molecular weight excluding hydrogens is 383 g/mol. The van der Waals surface area contributed by atoms with E-state index in [-0.39, 0.29) is 5.56 Å². The lowest BCUT2D eigenvalue weighted by Gasteiger charge is -2.03. The van der Waals surface area contributed by atoms with Crippen molar-refractivity contribution in [2.24, 2.45) is 0 Å². The molecule has 2 rings (SSSR count). The first kappa shape index (κ1) is 18.6. The lowest BCUT2D eigenvalue weighted by molar-refractivity contribution is -0.192. The Kier molecular flexibility index (Phi) is 6.26. The Morgan fingerprint density at radius 3 is 2.13 bits per heavy atom. The average molecular weight is 392 g/mol. The summed E-state index contributed by atoms with van der Waals surface area (Å²) in [6.07, 6.45) is -1.70. The molecule has 9 heteroatoms. The molecule has 1 aromatic carbocycles. The summed E-state index contributed by atoms with van der Waals surface area (Å²) in [6.45, 7) is 0. The van der Waals surface area contributed by atoms with Gasteiger partial charge in [0.05, 0.1) is 5.56 Å². The number of hydrogen-bond acceptors (Lipinski definition) is 3. The number of aromatic nitrogens is 1. The summed E-state index contributed by atoms with van der Waals surface area (Å²) in [7, 11) is 0. The molecule has 0 aliphatic heterocycles. The van der Waals surface area contributed by atoms with Crippen molar-refractivity contribution in [3.63, 3.8) is 0 Å². The van der Waals surface area contributed by atoms with Crippen LogP contribution in [0.25, 0.3) is 11.1 Å². The van der Waals surface area contributed by atoms with E-state index in [1.165, 1.54) is 0 Å². The monoisotopic (exact) mass is 391 g/mol. The molecule has 0 bridgehead atoms. The third-order valence-electron chi connectivity index (χ3n) is 2.38. The number of carbonyl (C=O) groups is 2. The van der Waals surface area contributed by atoms with Crippen LogP contribution in [0.2, 0.25) is 0 Å². The molecule has 0 atom stereocenters. The molecule has 1 aromatic heterocycles. The van der Waals surface area contributed by atoms with Crippen LogP contribution in [0, 0.1) is 0 Å². The summed E-state index contributed by atoms with van der Waals surface area (Å²) in [5, 5.41) is 16.1. The van der Waals surface area contributed by atoms with E-state index >= 15 is 0 Å². The van der Waals surface area contributed by atoms with E-state index in [2.05, 4.69) is 20.9 Å². The van der Waals surface area contributed by atoms with E-state index < -0.39 is 18.1 Å². The van der Waals surface area contributed by atoms with Gasteiger partial charge in [0.2, 0.25) is 0 Å². The molecule has 2 aromatic rings. The second kappa shape index (κ2) is 7.73. The van der Waals surface area contributed by atoms with Crippen LogP contribution in [0.4, 0.5) is 13.2 Å². The van der Waals surface area contributed by atoms with Gasteiger partial charge in [-0.3, -0.25) is 4.98 Å². The molecule has 1 heterocycles. The van der Waals surface area contributed by atoms with Gasteiger partial charge in [-0.25, -0.2) is 9.59 Å². The summed E-state index contributed by atoms with van der Waals surface area (Å²) >= 11 is 3.29. The number of aromatic carboxylic acids is 1. The summed E-state index contributed by atoms with van der Waals surface area (Å²) in [5.41, 5.74) is 1.99. The molecular formula is C14H9BrF3NO4. The number of hydrogen-bond donors (Lipinski definition) is 2. The number of carboxylic acids is 2. The topological polar surface area (TPSA) is 87.5 Å². The molecule has 0 aliphatic carbocycles. The highest BCUT2D eigenvalue weighted by atomic mass is 79.9. The Balaban J connectivity index is 0.000000322. The Morgan fingerprint density at radius 1 is 1.09 bits per heavy atom. The van der Waals surface area contributed by atoms with Gasteiger partial charge in [-0.15, -0.1) is 0 Å².